The Morgan fingerprint density at radius 2 is 2.00 bits per heavy atom. The first kappa shape index (κ1) is 14.1. The summed E-state index contributed by atoms with van der Waals surface area (Å²) in [6.07, 6.45) is 1.35. The predicted octanol–water partition coefficient (Wildman–Crippen LogP) is 2.09. The van der Waals surface area contributed by atoms with E-state index in [9.17, 15) is 4.79 Å². The van der Waals surface area contributed by atoms with Gasteiger partial charge in [0.25, 0.3) is 5.91 Å². The van der Waals surface area contributed by atoms with Gasteiger partial charge in [-0.05, 0) is 26.0 Å². The van der Waals surface area contributed by atoms with Gasteiger partial charge in [0, 0.05) is 23.9 Å². The molecule has 0 unspecified atom stereocenters. The van der Waals surface area contributed by atoms with Crippen molar-refractivity contribution in [1.82, 2.24) is 15.3 Å². The van der Waals surface area contributed by atoms with Crippen LogP contribution in [0.2, 0.25) is 0 Å². The molecule has 22 heavy (non-hydrogen) atoms. The van der Waals surface area contributed by atoms with Crippen molar-refractivity contribution in [1.29, 1.82) is 0 Å². The van der Waals surface area contributed by atoms with E-state index in [0.29, 0.717) is 23.0 Å². The molecule has 0 fully saturated rings. The zero-order chi connectivity index (χ0) is 15.5. The number of nitrogens with one attached hydrogen (secondary N) is 2. The summed E-state index contributed by atoms with van der Waals surface area (Å²) in [5, 5.41) is 5.91. The highest BCUT2D eigenvalue weighted by molar-refractivity contribution is 5.93. The number of nitrogens with zero attached hydrogens (tertiary/aromatic N) is 2. The average Bonchev–Trinajstić information content (AvgIpc) is 2.94. The van der Waals surface area contributed by atoms with Crippen LogP contribution in [0.4, 0.5) is 11.5 Å². The number of amides is 1. The van der Waals surface area contributed by atoms with Crippen molar-refractivity contribution in [2.24, 2.45) is 0 Å². The van der Waals surface area contributed by atoms with Crippen LogP contribution in [0.25, 0.3) is 0 Å². The summed E-state index contributed by atoms with van der Waals surface area (Å²) in [5.41, 5.74) is 1.10. The van der Waals surface area contributed by atoms with Crippen LogP contribution in [0, 0.1) is 0 Å². The summed E-state index contributed by atoms with van der Waals surface area (Å²) < 4.78 is 10.6. The summed E-state index contributed by atoms with van der Waals surface area (Å²) >= 11 is 0. The van der Waals surface area contributed by atoms with Gasteiger partial charge in [0.05, 0.1) is 0 Å². The zero-order valence-corrected chi connectivity index (χ0v) is 12.3. The smallest absolute Gasteiger partial charge is 0.270 e. The van der Waals surface area contributed by atoms with E-state index in [1.807, 2.05) is 32.0 Å². The number of ether oxygens (including phenoxy) is 2. The van der Waals surface area contributed by atoms with Crippen molar-refractivity contribution < 1.29 is 14.3 Å². The molecular weight excluding hydrogens is 284 g/mol. The fraction of sp³-hybridized carbons (Fsp3) is 0.267. The lowest BCUT2D eigenvalue weighted by molar-refractivity contribution is 0.0938. The molecule has 1 aliphatic heterocycles. The number of hydrogen-bond acceptors (Lipinski definition) is 6. The molecule has 7 nitrogen and oxygen atoms in total. The van der Waals surface area contributed by atoms with Crippen LogP contribution in [0.15, 0.2) is 30.6 Å². The van der Waals surface area contributed by atoms with Gasteiger partial charge in [-0.1, -0.05) is 0 Å². The zero-order valence-electron chi connectivity index (χ0n) is 12.3. The second kappa shape index (κ2) is 5.88. The van der Waals surface area contributed by atoms with E-state index in [4.69, 9.17) is 9.47 Å². The van der Waals surface area contributed by atoms with Crippen LogP contribution in [0.3, 0.4) is 0 Å². The van der Waals surface area contributed by atoms with Crippen LogP contribution in [-0.2, 0) is 0 Å². The minimum absolute atomic E-state index is 0.0488. The number of aromatic nitrogens is 2. The average molecular weight is 300 g/mol. The molecule has 0 bridgehead atoms. The van der Waals surface area contributed by atoms with E-state index in [0.717, 1.165) is 5.69 Å². The lowest BCUT2D eigenvalue weighted by Gasteiger charge is -2.09. The fourth-order valence-electron chi connectivity index (χ4n) is 2.01. The lowest BCUT2D eigenvalue weighted by atomic mass is 10.2. The maximum Gasteiger partial charge on any atom is 0.270 e. The van der Waals surface area contributed by atoms with Crippen molar-refractivity contribution in [3.05, 3.63) is 36.3 Å². The number of carbonyl (C=O) groups excluding carboxylic acids is 1. The third-order valence-corrected chi connectivity index (χ3v) is 2.96. The molecular formula is C15H16N4O3. The standard InChI is InChI=1S/C15H16N4O3/c1-9(2)18-15(20)11-6-14(17-7-16-11)19-10-3-4-12-13(5-10)22-8-21-12/h3-7,9H,8H2,1-2H3,(H,18,20)(H,16,17,19). The quantitative estimate of drug-likeness (QED) is 0.899. The highest BCUT2D eigenvalue weighted by atomic mass is 16.7. The van der Waals surface area contributed by atoms with E-state index in [2.05, 4.69) is 20.6 Å². The van der Waals surface area contributed by atoms with Gasteiger partial charge in [-0.25, -0.2) is 9.97 Å². The molecule has 0 aliphatic carbocycles. The van der Waals surface area contributed by atoms with Crippen LogP contribution in [0.1, 0.15) is 24.3 Å². The molecule has 2 heterocycles. The van der Waals surface area contributed by atoms with Crippen molar-refractivity contribution in [3.8, 4) is 11.5 Å². The minimum atomic E-state index is -0.230. The highest BCUT2D eigenvalue weighted by Crippen LogP contribution is 2.34. The SMILES string of the molecule is CC(C)NC(=O)c1cc(Nc2ccc3c(c2)OCO3)ncn1. The third kappa shape index (κ3) is 3.08. The summed E-state index contributed by atoms with van der Waals surface area (Å²) in [7, 11) is 0. The van der Waals surface area contributed by atoms with Gasteiger partial charge in [0.1, 0.15) is 17.8 Å². The van der Waals surface area contributed by atoms with Crippen molar-refractivity contribution >= 4 is 17.4 Å². The Labute approximate surface area is 127 Å². The molecule has 0 atom stereocenters. The number of carbonyl (C=O) groups is 1. The fourth-order valence-corrected chi connectivity index (χ4v) is 2.01. The number of rotatable bonds is 4. The first-order valence-electron chi connectivity index (χ1n) is 6.91. The largest absolute Gasteiger partial charge is 0.454 e. The third-order valence-electron chi connectivity index (χ3n) is 2.96. The first-order chi connectivity index (χ1) is 10.6. The molecule has 0 spiro atoms. The first-order valence-corrected chi connectivity index (χ1v) is 6.91. The Kier molecular flexibility index (Phi) is 3.78. The molecule has 2 N–H and O–H groups in total. The van der Waals surface area contributed by atoms with Crippen molar-refractivity contribution in [2.75, 3.05) is 12.1 Å². The summed E-state index contributed by atoms with van der Waals surface area (Å²) in [5.74, 6) is 1.69. The van der Waals surface area contributed by atoms with E-state index in [-0.39, 0.29) is 18.7 Å². The Bertz CT molecular complexity index is 703. The second-order valence-electron chi connectivity index (χ2n) is 5.11. The Morgan fingerprint density at radius 3 is 2.82 bits per heavy atom. The van der Waals surface area contributed by atoms with Gasteiger partial charge in [0.15, 0.2) is 11.5 Å². The predicted molar refractivity (Wildman–Crippen MR) is 80.5 cm³/mol. The summed E-state index contributed by atoms with van der Waals surface area (Å²) in [6, 6.07) is 7.13. The number of benzene rings is 1. The van der Waals surface area contributed by atoms with Gasteiger partial charge in [-0.3, -0.25) is 4.79 Å². The molecule has 0 saturated carbocycles. The van der Waals surface area contributed by atoms with Gasteiger partial charge < -0.3 is 20.1 Å². The van der Waals surface area contributed by atoms with Crippen molar-refractivity contribution in [3.63, 3.8) is 0 Å². The van der Waals surface area contributed by atoms with Crippen LogP contribution in [-0.4, -0.2) is 28.7 Å². The van der Waals surface area contributed by atoms with E-state index >= 15 is 0 Å². The molecule has 7 heteroatoms. The molecule has 114 valence electrons. The molecule has 1 aliphatic rings. The summed E-state index contributed by atoms with van der Waals surface area (Å²) in [6.45, 7) is 4.02. The van der Waals surface area contributed by atoms with Crippen molar-refractivity contribution in [2.45, 2.75) is 19.9 Å². The van der Waals surface area contributed by atoms with Gasteiger partial charge >= 0.3 is 0 Å². The number of anilines is 2. The summed E-state index contributed by atoms with van der Waals surface area (Å²) in [4.78, 5) is 20.0. The number of fused-ring (bicyclic) bond motifs is 1. The van der Waals surface area contributed by atoms with Gasteiger partial charge in [-0.15, -0.1) is 0 Å². The molecule has 1 amide bonds. The van der Waals surface area contributed by atoms with E-state index in [1.54, 1.807) is 6.07 Å². The van der Waals surface area contributed by atoms with Crippen LogP contribution in [0.5, 0.6) is 11.5 Å². The maximum absolute atomic E-state index is 11.9. The topological polar surface area (TPSA) is 85.4 Å². The Balaban J connectivity index is 1.77. The van der Waals surface area contributed by atoms with E-state index < -0.39 is 0 Å². The molecule has 2 aromatic rings. The Morgan fingerprint density at radius 1 is 1.18 bits per heavy atom. The molecule has 0 saturated heterocycles. The monoisotopic (exact) mass is 300 g/mol. The van der Waals surface area contributed by atoms with Gasteiger partial charge in [-0.2, -0.15) is 0 Å². The normalized spacial score (nSPS) is 12.3. The molecule has 1 aromatic heterocycles. The second-order valence-corrected chi connectivity index (χ2v) is 5.11. The highest BCUT2D eigenvalue weighted by Gasteiger charge is 2.14. The Hall–Kier alpha value is -2.83. The minimum Gasteiger partial charge on any atom is -0.454 e. The maximum atomic E-state index is 11.9. The lowest BCUT2D eigenvalue weighted by Crippen LogP contribution is -2.30. The van der Waals surface area contributed by atoms with Gasteiger partial charge in [0.2, 0.25) is 6.79 Å². The molecule has 3 rings (SSSR count). The molecule has 1 aromatic carbocycles. The van der Waals surface area contributed by atoms with Crippen LogP contribution >= 0.6 is 0 Å². The van der Waals surface area contributed by atoms with E-state index in [1.165, 1.54) is 6.33 Å². The number of hydrogen-bond donors (Lipinski definition) is 2. The molecule has 0 radical (unpaired) electrons. The van der Waals surface area contributed by atoms with Crippen LogP contribution < -0.4 is 20.1 Å².